The average Bonchev–Trinajstić information content (AvgIpc) is 2.65. The fourth-order valence-corrected chi connectivity index (χ4v) is 2.83. The van der Waals surface area contributed by atoms with Crippen molar-refractivity contribution in [3.05, 3.63) is 77.9 Å². The minimum Gasteiger partial charge on any atom is -0.497 e. The Bertz CT molecular complexity index is 840. The number of methoxy groups -OCH3 is 1. The Morgan fingerprint density at radius 2 is 1.71 bits per heavy atom. The molecular formula is C21H21NO2. The van der Waals surface area contributed by atoms with Crippen molar-refractivity contribution in [2.45, 2.75) is 19.4 Å². The van der Waals surface area contributed by atoms with Gasteiger partial charge in [-0.05, 0) is 47.0 Å². The lowest BCUT2D eigenvalue weighted by atomic mass is 10.0. The first kappa shape index (κ1) is 16.1. The Morgan fingerprint density at radius 1 is 1.00 bits per heavy atom. The summed E-state index contributed by atoms with van der Waals surface area (Å²) in [6.45, 7) is 2.07. The van der Waals surface area contributed by atoms with Gasteiger partial charge in [0.1, 0.15) is 5.75 Å². The molecule has 0 unspecified atom stereocenters. The monoisotopic (exact) mass is 319 g/mol. The van der Waals surface area contributed by atoms with Crippen molar-refractivity contribution in [2.24, 2.45) is 0 Å². The molecule has 0 aliphatic heterocycles. The lowest BCUT2D eigenvalue weighted by molar-refractivity contribution is 0.0935. The fraction of sp³-hybridized carbons (Fsp3) is 0.190. The van der Waals surface area contributed by atoms with Crippen LogP contribution in [-0.2, 0) is 0 Å². The van der Waals surface area contributed by atoms with Gasteiger partial charge in [-0.1, -0.05) is 49.4 Å². The van der Waals surface area contributed by atoms with Crippen LogP contribution in [0.1, 0.15) is 35.3 Å². The number of nitrogens with one attached hydrogen (secondary N) is 1. The van der Waals surface area contributed by atoms with Crippen LogP contribution in [0.15, 0.2) is 66.7 Å². The van der Waals surface area contributed by atoms with Crippen molar-refractivity contribution in [1.82, 2.24) is 5.32 Å². The van der Waals surface area contributed by atoms with Crippen LogP contribution in [0.5, 0.6) is 5.75 Å². The van der Waals surface area contributed by atoms with Crippen molar-refractivity contribution < 1.29 is 9.53 Å². The molecule has 0 fully saturated rings. The molecule has 3 rings (SSSR count). The second-order valence-electron chi connectivity index (χ2n) is 5.77. The number of ether oxygens (including phenoxy) is 1. The molecule has 3 aromatic rings. The third-order valence-corrected chi connectivity index (χ3v) is 4.24. The first-order valence-electron chi connectivity index (χ1n) is 8.15. The summed E-state index contributed by atoms with van der Waals surface area (Å²) >= 11 is 0. The molecule has 3 nitrogen and oxygen atoms in total. The third-order valence-electron chi connectivity index (χ3n) is 4.24. The van der Waals surface area contributed by atoms with Crippen molar-refractivity contribution in [1.29, 1.82) is 0 Å². The highest BCUT2D eigenvalue weighted by atomic mass is 16.5. The average molecular weight is 319 g/mol. The normalized spacial score (nSPS) is 11.9. The molecule has 0 spiro atoms. The van der Waals surface area contributed by atoms with Crippen molar-refractivity contribution >= 4 is 16.7 Å². The molecule has 24 heavy (non-hydrogen) atoms. The number of carbonyl (C=O) groups is 1. The molecule has 0 radical (unpaired) electrons. The summed E-state index contributed by atoms with van der Waals surface area (Å²) in [4.78, 5) is 12.6. The van der Waals surface area contributed by atoms with E-state index in [-0.39, 0.29) is 11.9 Å². The molecule has 0 saturated carbocycles. The number of carbonyl (C=O) groups excluding carboxylic acids is 1. The number of benzene rings is 3. The Labute approximate surface area is 142 Å². The van der Waals surface area contributed by atoms with E-state index >= 15 is 0 Å². The maximum atomic E-state index is 12.6. The van der Waals surface area contributed by atoms with Crippen LogP contribution in [0, 0.1) is 0 Å². The summed E-state index contributed by atoms with van der Waals surface area (Å²) in [6.07, 6.45) is 0.825. The molecule has 1 amide bonds. The molecule has 0 aromatic heterocycles. The summed E-state index contributed by atoms with van der Waals surface area (Å²) < 4.78 is 5.19. The summed E-state index contributed by atoms with van der Waals surface area (Å²) in [6, 6.07) is 21.6. The molecule has 1 atom stereocenters. The minimum atomic E-state index is -0.0524. The van der Waals surface area contributed by atoms with Crippen LogP contribution in [0.2, 0.25) is 0 Å². The van der Waals surface area contributed by atoms with Gasteiger partial charge in [-0.25, -0.2) is 0 Å². The minimum absolute atomic E-state index is 0.0186. The molecule has 0 bridgehead atoms. The molecule has 3 heteroatoms. The van der Waals surface area contributed by atoms with Gasteiger partial charge < -0.3 is 10.1 Å². The first-order valence-corrected chi connectivity index (χ1v) is 8.15. The Kier molecular flexibility index (Phi) is 4.80. The van der Waals surface area contributed by atoms with E-state index in [4.69, 9.17) is 4.74 Å². The van der Waals surface area contributed by atoms with Gasteiger partial charge in [-0.3, -0.25) is 4.79 Å². The Hall–Kier alpha value is -2.81. The Balaban J connectivity index is 1.79. The van der Waals surface area contributed by atoms with Gasteiger partial charge in [-0.2, -0.15) is 0 Å². The molecule has 0 aliphatic carbocycles. The van der Waals surface area contributed by atoms with E-state index in [2.05, 4.69) is 12.2 Å². The van der Waals surface area contributed by atoms with E-state index in [1.165, 1.54) is 0 Å². The quantitative estimate of drug-likeness (QED) is 0.738. The van der Waals surface area contributed by atoms with Crippen LogP contribution in [0.4, 0.5) is 0 Å². The van der Waals surface area contributed by atoms with Gasteiger partial charge in [0.2, 0.25) is 0 Å². The second-order valence-corrected chi connectivity index (χ2v) is 5.77. The van der Waals surface area contributed by atoms with Crippen LogP contribution in [0.25, 0.3) is 10.8 Å². The number of hydrogen-bond donors (Lipinski definition) is 1. The number of hydrogen-bond acceptors (Lipinski definition) is 2. The molecule has 0 aliphatic rings. The van der Waals surface area contributed by atoms with Gasteiger partial charge in [0.05, 0.1) is 13.2 Å². The second kappa shape index (κ2) is 7.18. The number of fused-ring (bicyclic) bond motifs is 1. The first-order chi connectivity index (χ1) is 11.7. The SMILES string of the molecule is CC[C@@H](NC(=O)c1ccc2ccccc2c1)c1ccc(OC)cc1. The molecular weight excluding hydrogens is 298 g/mol. The topological polar surface area (TPSA) is 38.3 Å². The lowest BCUT2D eigenvalue weighted by Crippen LogP contribution is -2.28. The molecule has 3 aromatic carbocycles. The van der Waals surface area contributed by atoms with E-state index in [9.17, 15) is 4.79 Å². The number of rotatable bonds is 5. The number of amides is 1. The van der Waals surface area contributed by atoms with Crippen molar-refractivity contribution in [3.63, 3.8) is 0 Å². The van der Waals surface area contributed by atoms with Crippen molar-refractivity contribution in [3.8, 4) is 5.75 Å². The largest absolute Gasteiger partial charge is 0.497 e. The standard InChI is InChI=1S/C21H21NO2/c1-3-20(16-10-12-19(24-2)13-11-16)22-21(23)18-9-8-15-6-4-5-7-17(15)14-18/h4-14,20H,3H2,1-2H3,(H,22,23)/t20-/m1/s1. The van der Waals surface area contributed by atoms with Gasteiger partial charge in [0.25, 0.3) is 5.91 Å². The van der Waals surface area contributed by atoms with Gasteiger partial charge in [0, 0.05) is 5.56 Å². The molecule has 0 heterocycles. The van der Waals surface area contributed by atoms with Gasteiger partial charge in [-0.15, -0.1) is 0 Å². The lowest BCUT2D eigenvalue weighted by Gasteiger charge is -2.18. The van der Waals surface area contributed by atoms with Crippen molar-refractivity contribution in [2.75, 3.05) is 7.11 Å². The van der Waals surface area contributed by atoms with E-state index < -0.39 is 0 Å². The van der Waals surface area contributed by atoms with E-state index in [0.29, 0.717) is 5.56 Å². The smallest absolute Gasteiger partial charge is 0.251 e. The maximum absolute atomic E-state index is 12.6. The van der Waals surface area contributed by atoms with Gasteiger partial charge in [0.15, 0.2) is 0 Å². The summed E-state index contributed by atoms with van der Waals surface area (Å²) in [5, 5.41) is 5.33. The zero-order chi connectivity index (χ0) is 16.9. The highest BCUT2D eigenvalue weighted by Gasteiger charge is 2.14. The highest BCUT2D eigenvalue weighted by molar-refractivity contribution is 5.98. The van der Waals surface area contributed by atoms with E-state index in [1.807, 2.05) is 66.7 Å². The Morgan fingerprint density at radius 3 is 2.38 bits per heavy atom. The molecule has 122 valence electrons. The fourth-order valence-electron chi connectivity index (χ4n) is 2.83. The van der Waals surface area contributed by atoms with Crippen LogP contribution < -0.4 is 10.1 Å². The highest BCUT2D eigenvalue weighted by Crippen LogP contribution is 2.21. The molecule has 0 saturated heterocycles. The maximum Gasteiger partial charge on any atom is 0.251 e. The predicted molar refractivity (Wildman–Crippen MR) is 97.4 cm³/mol. The zero-order valence-electron chi connectivity index (χ0n) is 14.0. The van der Waals surface area contributed by atoms with Crippen LogP contribution in [0.3, 0.4) is 0 Å². The summed E-state index contributed by atoms with van der Waals surface area (Å²) in [5.41, 5.74) is 1.76. The van der Waals surface area contributed by atoms with Crippen LogP contribution in [-0.4, -0.2) is 13.0 Å². The predicted octanol–water partition coefficient (Wildman–Crippen LogP) is 4.73. The third kappa shape index (κ3) is 3.40. The van der Waals surface area contributed by atoms with E-state index in [1.54, 1.807) is 7.11 Å². The zero-order valence-corrected chi connectivity index (χ0v) is 14.0. The van der Waals surface area contributed by atoms with Gasteiger partial charge >= 0.3 is 0 Å². The van der Waals surface area contributed by atoms with Crippen LogP contribution >= 0.6 is 0 Å². The van der Waals surface area contributed by atoms with E-state index in [0.717, 1.165) is 28.5 Å². The summed E-state index contributed by atoms with van der Waals surface area (Å²) in [7, 11) is 1.65. The molecule has 1 N–H and O–H groups in total. The summed E-state index contributed by atoms with van der Waals surface area (Å²) in [5.74, 6) is 0.762.